The Morgan fingerprint density at radius 2 is 2.00 bits per heavy atom. The van der Waals surface area contributed by atoms with Crippen molar-refractivity contribution in [3.8, 4) is 11.5 Å². The van der Waals surface area contributed by atoms with E-state index < -0.39 is 0 Å². The zero-order valence-corrected chi connectivity index (χ0v) is 12.4. The Morgan fingerprint density at radius 3 is 2.63 bits per heavy atom. The molecule has 0 spiro atoms. The van der Waals surface area contributed by atoms with Crippen molar-refractivity contribution in [3.05, 3.63) is 52.3 Å². The van der Waals surface area contributed by atoms with E-state index in [4.69, 9.17) is 27.9 Å². The van der Waals surface area contributed by atoms with Gasteiger partial charge in [0.1, 0.15) is 11.5 Å². The minimum atomic E-state index is 0.394. The molecule has 2 aromatic rings. The Bertz CT molecular complexity index is 584. The average molecular weight is 296 g/mol. The van der Waals surface area contributed by atoms with E-state index in [-0.39, 0.29) is 0 Å². The molecule has 0 saturated heterocycles. The fraction of sp³-hybridized carbons (Fsp3) is 0.267. The molecule has 2 rings (SSSR count). The SMILES string of the molecule is CCc1nc(C)ccc1Oc1ccc(CCl)c(Cl)c1. The number of ether oxygens (including phenoxy) is 1. The van der Waals surface area contributed by atoms with Gasteiger partial charge >= 0.3 is 0 Å². The zero-order valence-electron chi connectivity index (χ0n) is 10.9. The highest BCUT2D eigenvalue weighted by Gasteiger charge is 2.07. The molecular formula is C15H15Cl2NO. The summed E-state index contributed by atoms with van der Waals surface area (Å²) >= 11 is 11.9. The molecule has 0 fully saturated rings. The molecule has 0 saturated carbocycles. The molecule has 0 aliphatic heterocycles. The normalized spacial score (nSPS) is 10.5. The van der Waals surface area contributed by atoms with Crippen LogP contribution in [0.2, 0.25) is 5.02 Å². The highest BCUT2D eigenvalue weighted by Crippen LogP contribution is 2.29. The lowest BCUT2D eigenvalue weighted by molar-refractivity contribution is 0.472. The van der Waals surface area contributed by atoms with E-state index in [1.54, 1.807) is 6.07 Å². The summed E-state index contributed by atoms with van der Waals surface area (Å²) in [6.07, 6.45) is 0.824. The minimum Gasteiger partial charge on any atom is -0.455 e. The second-order valence-corrected chi connectivity index (χ2v) is 4.91. The highest BCUT2D eigenvalue weighted by molar-refractivity contribution is 6.32. The smallest absolute Gasteiger partial charge is 0.148 e. The van der Waals surface area contributed by atoms with Gasteiger partial charge in [0.05, 0.1) is 5.69 Å². The van der Waals surface area contributed by atoms with Crippen molar-refractivity contribution in [1.29, 1.82) is 0 Å². The molecule has 0 amide bonds. The number of nitrogens with zero attached hydrogens (tertiary/aromatic N) is 1. The van der Waals surface area contributed by atoms with Crippen LogP contribution in [0.15, 0.2) is 30.3 Å². The van der Waals surface area contributed by atoms with Gasteiger partial charge in [0.15, 0.2) is 0 Å². The molecule has 4 heteroatoms. The van der Waals surface area contributed by atoms with E-state index >= 15 is 0 Å². The summed E-state index contributed by atoms with van der Waals surface area (Å²) in [6.45, 7) is 4.02. The van der Waals surface area contributed by atoms with Crippen molar-refractivity contribution in [1.82, 2.24) is 4.98 Å². The third-order valence-electron chi connectivity index (χ3n) is 2.80. The van der Waals surface area contributed by atoms with Crippen LogP contribution in [0.4, 0.5) is 0 Å². The van der Waals surface area contributed by atoms with Crippen molar-refractivity contribution >= 4 is 23.2 Å². The van der Waals surface area contributed by atoms with Crippen LogP contribution in [0, 0.1) is 6.92 Å². The van der Waals surface area contributed by atoms with Gasteiger partial charge in [-0.25, -0.2) is 0 Å². The number of alkyl halides is 1. The molecule has 2 nitrogen and oxygen atoms in total. The van der Waals surface area contributed by atoms with Crippen LogP contribution in [0.25, 0.3) is 0 Å². The van der Waals surface area contributed by atoms with E-state index in [0.717, 1.165) is 29.1 Å². The molecule has 19 heavy (non-hydrogen) atoms. The molecule has 0 atom stereocenters. The molecule has 0 unspecified atom stereocenters. The molecule has 0 aliphatic carbocycles. The third kappa shape index (κ3) is 3.40. The molecule has 0 bridgehead atoms. The second kappa shape index (κ2) is 6.27. The van der Waals surface area contributed by atoms with Gasteiger partial charge in [-0.15, -0.1) is 11.6 Å². The van der Waals surface area contributed by atoms with Crippen LogP contribution >= 0.6 is 23.2 Å². The van der Waals surface area contributed by atoms with E-state index in [1.807, 2.05) is 31.2 Å². The first-order valence-corrected chi connectivity index (χ1v) is 7.04. The van der Waals surface area contributed by atoms with Gasteiger partial charge in [-0.1, -0.05) is 24.6 Å². The van der Waals surface area contributed by atoms with Gasteiger partial charge in [0.25, 0.3) is 0 Å². The number of halogens is 2. The van der Waals surface area contributed by atoms with Crippen LogP contribution in [0.5, 0.6) is 11.5 Å². The van der Waals surface area contributed by atoms with Crippen molar-refractivity contribution in [2.24, 2.45) is 0 Å². The summed E-state index contributed by atoms with van der Waals surface area (Å²) in [6, 6.07) is 9.38. The summed E-state index contributed by atoms with van der Waals surface area (Å²) < 4.78 is 5.85. The Balaban J connectivity index is 2.28. The molecule has 0 radical (unpaired) electrons. The monoisotopic (exact) mass is 295 g/mol. The first-order chi connectivity index (χ1) is 9.13. The summed E-state index contributed by atoms with van der Waals surface area (Å²) in [5, 5.41) is 0.616. The lowest BCUT2D eigenvalue weighted by Crippen LogP contribution is -1.96. The van der Waals surface area contributed by atoms with Crippen molar-refractivity contribution in [2.75, 3.05) is 0 Å². The summed E-state index contributed by atoms with van der Waals surface area (Å²) in [5.74, 6) is 1.85. The van der Waals surface area contributed by atoms with Gasteiger partial charge in [0, 0.05) is 16.6 Å². The zero-order chi connectivity index (χ0) is 13.8. The Kier molecular flexibility index (Phi) is 4.67. The number of aromatic nitrogens is 1. The van der Waals surface area contributed by atoms with Crippen LogP contribution in [0.1, 0.15) is 23.9 Å². The first-order valence-electron chi connectivity index (χ1n) is 6.12. The Morgan fingerprint density at radius 1 is 1.21 bits per heavy atom. The lowest BCUT2D eigenvalue weighted by Gasteiger charge is -2.11. The lowest BCUT2D eigenvalue weighted by atomic mass is 10.2. The van der Waals surface area contributed by atoms with Gasteiger partial charge in [-0.2, -0.15) is 0 Å². The van der Waals surface area contributed by atoms with Crippen molar-refractivity contribution in [3.63, 3.8) is 0 Å². The minimum absolute atomic E-state index is 0.394. The first kappa shape index (κ1) is 14.2. The molecule has 1 heterocycles. The van der Waals surface area contributed by atoms with Gasteiger partial charge in [0.2, 0.25) is 0 Å². The maximum absolute atomic E-state index is 6.11. The summed E-state index contributed by atoms with van der Waals surface area (Å²) in [5.41, 5.74) is 2.82. The van der Waals surface area contributed by atoms with Crippen LogP contribution in [0.3, 0.4) is 0 Å². The molecule has 0 N–H and O–H groups in total. The van der Waals surface area contributed by atoms with E-state index in [0.29, 0.717) is 16.7 Å². The number of aryl methyl sites for hydroxylation is 2. The number of hydrogen-bond acceptors (Lipinski definition) is 2. The average Bonchev–Trinajstić information content (AvgIpc) is 2.41. The maximum atomic E-state index is 6.11. The second-order valence-electron chi connectivity index (χ2n) is 4.24. The van der Waals surface area contributed by atoms with Gasteiger partial charge in [-0.3, -0.25) is 4.98 Å². The van der Waals surface area contributed by atoms with E-state index in [9.17, 15) is 0 Å². The maximum Gasteiger partial charge on any atom is 0.148 e. The van der Waals surface area contributed by atoms with Crippen LogP contribution in [-0.2, 0) is 12.3 Å². The molecule has 0 aliphatic rings. The van der Waals surface area contributed by atoms with Crippen LogP contribution in [-0.4, -0.2) is 4.98 Å². The standard InChI is InChI=1S/C15H15Cl2NO/c1-3-14-15(7-4-10(2)18-14)19-12-6-5-11(9-16)13(17)8-12/h4-8H,3,9H2,1-2H3. The van der Waals surface area contributed by atoms with Crippen molar-refractivity contribution in [2.45, 2.75) is 26.1 Å². The number of pyridine rings is 1. The van der Waals surface area contributed by atoms with E-state index in [1.165, 1.54) is 0 Å². The molecule has 1 aromatic heterocycles. The third-order valence-corrected chi connectivity index (χ3v) is 3.44. The Labute approximate surface area is 123 Å². The largest absolute Gasteiger partial charge is 0.455 e. The number of benzene rings is 1. The molecule has 1 aromatic carbocycles. The Hall–Kier alpha value is -1.25. The number of hydrogen-bond donors (Lipinski definition) is 0. The predicted octanol–water partition coefficient (Wildman–Crippen LogP) is 5.14. The fourth-order valence-electron chi connectivity index (χ4n) is 1.77. The molecular weight excluding hydrogens is 281 g/mol. The highest BCUT2D eigenvalue weighted by atomic mass is 35.5. The van der Waals surface area contributed by atoms with Crippen molar-refractivity contribution < 1.29 is 4.74 Å². The van der Waals surface area contributed by atoms with Crippen LogP contribution < -0.4 is 4.74 Å². The summed E-state index contributed by atoms with van der Waals surface area (Å²) in [4.78, 5) is 4.46. The van der Waals surface area contributed by atoms with Gasteiger partial charge in [-0.05, 0) is 43.2 Å². The van der Waals surface area contributed by atoms with E-state index in [2.05, 4.69) is 11.9 Å². The number of rotatable bonds is 4. The summed E-state index contributed by atoms with van der Waals surface area (Å²) in [7, 11) is 0. The predicted molar refractivity (Wildman–Crippen MR) is 79.4 cm³/mol. The fourth-order valence-corrected chi connectivity index (χ4v) is 2.31. The molecule has 100 valence electrons. The van der Waals surface area contributed by atoms with Gasteiger partial charge < -0.3 is 4.74 Å². The topological polar surface area (TPSA) is 22.1 Å². The quantitative estimate of drug-likeness (QED) is 0.729.